The van der Waals surface area contributed by atoms with Crippen LogP contribution >= 0.6 is 11.8 Å². The highest BCUT2D eigenvalue weighted by Gasteiger charge is 2.39. The van der Waals surface area contributed by atoms with Crippen molar-refractivity contribution in [1.82, 2.24) is 0 Å². The van der Waals surface area contributed by atoms with E-state index in [0.717, 1.165) is 12.8 Å². The van der Waals surface area contributed by atoms with Crippen LogP contribution in [0.15, 0.2) is 46.9 Å². The lowest BCUT2D eigenvalue weighted by Crippen LogP contribution is -2.41. The van der Waals surface area contributed by atoms with Crippen molar-refractivity contribution in [2.75, 3.05) is 0 Å². The molecule has 0 heterocycles. The molecule has 0 aromatic rings. The normalized spacial score (nSPS) is 27.3. The smallest absolute Gasteiger partial charge is 0.186 e. The van der Waals surface area contributed by atoms with Gasteiger partial charge >= 0.3 is 0 Å². The van der Waals surface area contributed by atoms with Gasteiger partial charge in [0.1, 0.15) is 4.93 Å². The topological polar surface area (TPSA) is 9.23 Å². The van der Waals surface area contributed by atoms with Crippen LogP contribution in [0.1, 0.15) is 19.8 Å². The Labute approximate surface area is 116 Å². The van der Waals surface area contributed by atoms with Crippen molar-refractivity contribution in [3.05, 3.63) is 46.9 Å². The third-order valence-corrected chi connectivity index (χ3v) is 5.51. The van der Waals surface area contributed by atoms with Crippen LogP contribution in [0.25, 0.3) is 0 Å². The van der Waals surface area contributed by atoms with Gasteiger partial charge in [-0.25, -0.2) is 0 Å². The minimum Gasteiger partial charge on any atom is -0.399 e. The molecule has 18 heavy (non-hydrogen) atoms. The van der Waals surface area contributed by atoms with Crippen LogP contribution in [-0.4, -0.2) is 13.3 Å². The Hall–Kier alpha value is -0.513. The van der Waals surface area contributed by atoms with Crippen molar-refractivity contribution in [3.63, 3.8) is 0 Å². The minimum atomic E-state index is -1.58. The summed E-state index contributed by atoms with van der Waals surface area (Å²) in [5, 5.41) is 0. The van der Waals surface area contributed by atoms with Gasteiger partial charge in [0.15, 0.2) is 8.32 Å². The first-order chi connectivity index (χ1) is 8.41. The Balaban J connectivity index is 2.25. The Morgan fingerprint density at radius 1 is 1.28 bits per heavy atom. The average molecular weight is 278 g/mol. The zero-order valence-corrected chi connectivity index (χ0v) is 13.5. The maximum absolute atomic E-state index is 6.55. The summed E-state index contributed by atoms with van der Waals surface area (Å²) in [7, 11) is -1.58. The molecule has 1 unspecified atom stereocenters. The van der Waals surface area contributed by atoms with Crippen molar-refractivity contribution in [2.45, 2.75) is 44.3 Å². The second-order valence-corrected chi connectivity index (χ2v) is 11.6. The van der Waals surface area contributed by atoms with Crippen LogP contribution < -0.4 is 0 Å². The van der Waals surface area contributed by atoms with Crippen LogP contribution in [0.3, 0.4) is 0 Å². The van der Waals surface area contributed by atoms with Crippen molar-refractivity contribution in [1.29, 1.82) is 0 Å². The van der Waals surface area contributed by atoms with Gasteiger partial charge in [0.2, 0.25) is 0 Å². The van der Waals surface area contributed by atoms with E-state index in [1.165, 1.54) is 10.5 Å². The Kier molecular flexibility index (Phi) is 4.04. The molecule has 0 amide bonds. The fourth-order valence-corrected chi connectivity index (χ4v) is 5.47. The van der Waals surface area contributed by atoms with E-state index in [-0.39, 0.29) is 4.93 Å². The van der Waals surface area contributed by atoms with Crippen molar-refractivity contribution in [2.24, 2.45) is 0 Å². The zero-order valence-electron chi connectivity index (χ0n) is 11.7. The summed E-state index contributed by atoms with van der Waals surface area (Å²) in [6, 6.07) is 0. The molecule has 0 aromatic carbocycles. The van der Waals surface area contributed by atoms with E-state index in [4.69, 9.17) is 4.43 Å². The van der Waals surface area contributed by atoms with E-state index in [1.807, 2.05) is 11.8 Å². The average Bonchev–Trinajstić information content (AvgIpc) is 2.73. The molecule has 2 rings (SSSR count). The maximum atomic E-state index is 6.55. The lowest BCUT2D eigenvalue weighted by atomic mass is 10.0. The van der Waals surface area contributed by atoms with Gasteiger partial charge in [0.05, 0.1) is 0 Å². The van der Waals surface area contributed by atoms with E-state index < -0.39 is 8.32 Å². The first-order valence-corrected chi connectivity index (χ1v) is 10.7. The summed E-state index contributed by atoms with van der Waals surface area (Å²) >= 11 is 1.88. The van der Waals surface area contributed by atoms with E-state index in [2.05, 4.69) is 63.0 Å². The van der Waals surface area contributed by atoms with Crippen LogP contribution in [0.4, 0.5) is 0 Å². The summed E-state index contributed by atoms with van der Waals surface area (Å²) in [5.74, 6) is 0. The van der Waals surface area contributed by atoms with E-state index in [1.54, 1.807) is 0 Å². The molecular weight excluding hydrogens is 256 g/mol. The predicted molar refractivity (Wildman–Crippen MR) is 84.1 cm³/mol. The van der Waals surface area contributed by atoms with E-state index >= 15 is 0 Å². The predicted octanol–water partition coefficient (Wildman–Crippen LogP) is 5.02. The molecule has 0 N–H and O–H groups in total. The van der Waals surface area contributed by atoms with E-state index in [0.29, 0.717) is 0 Å². The second-order valence-electron chi connectivity index (χ2n) is 5.80. The summed E-state index contributed by atoms with van der Waals surface area (Å²) in [4.78, 5) is 1.16. The fourth-order valence-electron chi connectivity index (χ4n) is 2.19. The summed E-state index contributed by atoms with van der Waals surface area (Å²) < 4.78 is 6.55. The SMILES string of the molecule is CC1=CC=CCC1(O[Si](C)(C)C)SC1=CCC=C1. The molecule has 0 saturated heterocycles. The highest BCUT2D eigenvalue weighted by Crippen LogP contribution is 2.46. The number of hydrogen-bond donors (Lipinski definition) is 0. The largest absolute Gasteiger partial charge is 0.399 e. The third kappa shape index (κ3) is 3.28. The lowest BCUT2D eigenvalue weighted by Gasteiger charge is -2.40. The van der Waals surface area contributed by atoms with Crippen LogP contribution in [-0.2, 0) is 4.43 Å². The molecule has 2 aliphatic rings. The van der Waals surface area contributed by atoms with Crippen LogP contribution in [0, 0.1) is 0 Å². The van der Waals surface area contributed by atoms with Gasteiger partial charge in [-0.2, -0.15) is 0 Å². The van der Waals surface area contributed by atoms with Gasteiger partial charge in [-0.05, 0) is 38.6 Å². The Bertz CT molecular complexity index is 440. The van der Waals surface area contributed by atoms with Gasteiger partial charge in [0.25, 0.3) is 0 Å². The van der Waals surface area contributed by atoms with Gasteiger partial charge in [-0.15, -0.1) is 0 Å². The molecular formula is C15H22OSSi. The number of allylic oxidation sites excluding steroid dienone is 5. The standard InChI is InChI=1S/C15H22OSSi/c1-13-9-7-8-12-15(13,16-18(2,3)4)17-14-10-5-6-11-14/h5,7-11H,6,12H2,1-4H3. The molecule has 0 bridgehead atoms. The monoisotopic (exact) mass is 278 g/mol. The molecule has 3 heteroatoms. The molecule has 0 aromatic heterocycles. The molecule has 0 radical (unpaired) electrons. The fraction of sp³-hybridized carbons (Fsp3) is 0.467. The first kappa shape index (κ1) is 13.9. The highest BCUT2D eigenvalue weighted by atomic mass is 32.2. The molecule has 98 valence electrons. The quantitative estimate of drug-likeness (QED) is 0.527. The highest BCUT2D eigenvalue weighted by molar-refractivity contribution is 8.04. The summed E-state index contributed by atoms with van der Waals surface area (Å²) in [6.45, 7) is 8.98. The number of hydrogen-bond acceptors (Lipinski definition) is 2. The zero-order chi connectivity index (χ0) is 13.2. The molecule has 1 nitrogen and oxygen atoms in total. The molecule has 0 spiro atoms. The van der Waals surface area contributed by atoms with Crippen molar-refractivity contribution >= 4 is 20.1 Å². The van der Waals surface area contributed by atoms with Gasteiger partial charge in [-0.1, -0.05) is 48.2 Å². The molecule has 2 aliphatic carbocycles. The van der Waals surface area contributed by atoms with Crippen LogP contribution in [0.5, 0.6) is 0 Å². The Morgan fingerprint density at radius 2 is 2.06 bits per heavy atom. The maximum Gasteiger partial charge on any atom is 0.186 e. The second kappa shape index (κ2) is 5.23. The summed E-state index contributed by atoms with van der Waals surface area (Å²) in [6.07, 6.45) is 15.3. The van der Waals surface area contributed by atoms with Crippen molar-refractivity contribution < 1.29 is 4.43 Å². The van der Waals surface area contributed by atoms with Gasteiger partial charge in [0, 0.05) is 11.3 Å². The number of thioether (sulfide) groups is 1. The Morgan fingerprint density at radius 3 is 2.61 bits per heavy atom. The molecule has 0 saturated carbocycles. The van der Waals surface area contributed by atoms with Gasteiger partial charge < -0.3 is 4.43 Å². The van der Waals surface area contributed by atoms with Crippen molar-refractivity contribution in [3.8, 4) is 0 Å². The number of rotatable bonds is 4. The third-order valence-electron chi connectivity index (χ3n) is 2.96. The molecule has 0 aliphatic heterocycles. The molecule has 0 fully saturated rings. The minimum absolute atomic E-state index is 0.181. The molecule has 1 atom stereocenters. The van der Waals surface area contributed by atoms with Crippen LogP contribution in [0.2, 0.25) is 19.6 Å². The van der Waals surface area contributed by atoms with Gasteiger partial charge in [-0.3, -0.25) is 0 Å². The summed E-state index contributed by atoms with van der Waals surface area (Å²) in [5.41, 5.74) is 1.33. The first-order valence-electron chi connectivity index (χ1n) is 6.51. The van der Waals surface area contributed by atoms with E-state index in [9.17, 15) is 0 Å². The lowest BCUT2D eigenvalue weighted by molar-refractivity contribution is 0.197.